The molecule has 22 heavy (non-hydrogen) atoms. The van der Waals surface area contributed by atoms with Gasteiger partial charge in [0.05, 0.1) is 13.1 Å². The number of guanidine groups is 1. The zero-order valence-corrected chi connectivity index (χ0v) is 14.1. The second-order valence-corrected chi connectivity index (χ2v) is 6.44. The van der Waals surface area contributed by atoms with Crippen LogP contribution in [0.2, 0.25) is 0 Å². The van der Waals surface area contributed by atoms with Crippen LogP contribution in [0.1, 0.15) is 27.2 Å². The summed E-state index contributed by atoms with van der Waals surface area (Å²) in [6.07, 6.45) is -2.94. The largest absolute Gasteiger partial charge is 0.401 e. The number of hydrogen-bond acceptors (Lipinski definition) is 2. The molecule has 0 aromatic heterocycles. The Bertz CT molecular complexity index is 347. The second kappa shape index (κ2) is 8.60. The number of nitrogens with zero attached hydrogens (tertiary/aromatic N) is 3. The minimum Gasteiger partial charge on any atom is -0.357 e. The minimum atomic E-state index is -4.15. The normalized spacial score (nSPS) is 24.0. The highest BCUT2D eigenvalue weighted by Gasteiger charge is 2.29. The smallest absolute Gasteiger partial charge is 0.357 e. The number of likely N-dealkylation sites (tertiary alicyclic amines) is 1. The fraction of sp³-hybridized carbons (Fsp3) is 0.933. The molecule has 0 amide bonds. The Labute approximate surface area is 131 Å². The first-order valence-electron chi connectivity index (χ1n) is 7.99. The van der Waals surface area contributed by atoms with Gasteiger partial charge in [-0.1, -0.05) is 13.8 Å². The van der Waals surface area contributed by atoms with Gasteiger partial charge >= 0.3 is 6.18 Å². The molecule has 1 rings (SSSR count). The van der Waals surface area contributed by atoms with E-state index in [1.54, 1.807) is 0 Å². The van der Waals surface area contributed by atoms with Gasteiger partial charge in [0.25, 0.3) is 0 Å². The summed E-state index contributed by atoms with van der Waals surface area (Å²) in [6, 6.07) is 0. The minimum absolute atomic E-state index is 0.299. The van der Waals surface area contributed by atoms with E-state index in [9.17, 15) is 13.2 Å². The van der Waals surface area contributed by atoms with Gasteiger partial charge in [0.1, 0.15) is 0 Å². The van der Waals surface area contributed by atoms with Crippen molar-refractivity contribution in [3.8, 4) is 0 Å². The van der Waals surface area contributed by atoms with E-state index in [1.165, 1.54) is 18.4 Å². The van der Waals surface area contributed by atoms with Crippen LogP contribution in [0.15, 0.2) is 4.99 Å². The number of likely N-dealkylation sites (N-methyl/N-ethyl adjacent to an activating group) is 1. The van der Waals surface area contributed by atoms with Crippen molar-refractivity contribution in [3.05, 3.63) is 0 Å². The zero-order chi connectivity index (χ0) is 16.8. The first-order valence-corrected chi connectivity index (χ1v) is 7.99. The van der Waals surface area contributed by atoms with Crippen molar-refractivity contribution in [2.75, 3.05) is 46.3 Å². The maximum Gasteiger partial charge on any atom is 0.401 e. The number of piperidine rings is 1. The summed E-state index contributed by atoms with van der Waals surface area (Å²) < 4.78 is 36.9. The van der Waals surface area contributed by atoms with Crippen LogP contribution in [-0.4, -0.2) is 68.3 Å². The zero-order valence-electron chi connectivity index (χ0n) is 14.1. The number of hydrogen-bond donors (Lipinski definition) is 1. The number of alkyl halides is 3. The van der Waals surface area contributed by atoms with Gasteiger partial charge in [-0.3, -0.25) is 9.89 Å². The number of halogens is 3. The van der Waals surface area contributed by atoms with E-state index in [2.05, 4.69) is 29.1 Å². The lowest BCUT2D eigenvalue weighted by molar-refractivity contribution is -0.142. The van der Waals surface area contributed by atoms with Gasteiger partial charge in [0, 0.05) is 26.2 Å². The molecule has 0 aliphatic carbocycles. The quantitative estimate of drug-likeness (QED) is 0.623. The van der Waals surface area contributed by atoms with E-state index in [0.717, 1.165) is 25.6 Å². The van der Waals surface area contributed by atoms with Crippen LogP contribution >= 0.6 is 0 Å². The van der Waals surface area contributed by atoms with E-state index in [4.69, 9.17) is 0 Å². The Morgan fingerprint density at radius 2 is 1.86 bits per heavy atom. The molecule has 1 fully saturated rings. The fourth-order valence-corrected chi connectivity index (χ4v) is 2.97. The Kier molecular flexibility index (Phi) is 7.45. The lowest BCUT2D eigenvalue weighted by Gasteiger charge is -2.37. The summed E-state index contributed by atoms with van der Waals surface area (Å²) in [7, 11) is 1.47. The van der Waals surface area contributed by atoms with Crippen LogP contribution in [0.4, 0.5) is 13.2 Å². The highest BCUT2D eigenvalue weighted by molar-refractivity contribution is 5.80. The third-order valence-corrected chi connectivity index (χ3v) is 3.70. The van der Waals surface area contributed by atoms with Crippen LogP contribution in [0.3, 0.4) is 0 Å². The van der Waals surface area contributed by atoms with Gasteiger partial charge < -0.3 is 10.2 Å². The molecule has 1 N–H and O–H groups in total. The molecule has 0 bridgehead atoms. The third-order valence-electron chi connectivity index (χ3n) is 3.70. The second-order valence-electron chi connectivity index (χ2n) is 6.44. The standard InChI is InChI=1S/C15H29F3N4/c1-5-19-14(22-9-12(2)8-13(3)10-22)20-6-7-21(4)11-15(16,17)18/h12-13H,5-11H2,1-4H3,(H,19,20). The molecule has 1 aliphatic heterocycles. The summed E-state index contributed by atoms with van der Waals surface area (Å²) in [4.78, 5) is 7.99. The van der Waals surface area contributed by atoms with Gasteiger partial charge in [-0.2, -0.15) is 13.2 Å². The highest BCUT2D eigenvalue weighted by Crippen LogP contribution is 2.21. The molecule has 0 aromatic rings. The lowest BCUT2D eigenvalue weighted by atomic mass is 9.92. The van der Waals surface area contributed by atoms with Crippen LogP contribution in [-0.2, 0) is 0 Å². The van der Waals surface area contributed by atoms with Gasteiger partial charge in [-0.15, -0.1) is 0 Å². The Balaban J connectivity index is 2.54. The average molecular weight is 322 g/mol. The van der Waals surface area contributed by atoms with Crippen molar-refractivity contribution in [1.29, 1.82) is 0 Å². The van der Waals surface area contributed by atoms with Crippen LogP contribution < -0.4 is 5.32 Å². The lowest BCUT2D eigenvalue weighted by Crippen LogP contribution is -2.48. The first-order chi connectivity index (χ1) is 10.2. The Morgan fingerprint density at radius 1 is 1.27 bits per heavy atom. The fourth-order valence-electron chi connectivity index (χ4n) is 2.97. The molecule has 1 aliphatic rings. The highest BCUT2D eigenvalue weighted by atomic mass is 19.4. The molecule has 0 radical (unpaired) electrons. The van der Waals surface area contributed by atoms with Gasteiger partial charge in [-0.25, -0.2) is 0 Å². The van der Waals surface area contributed by atoms with Gasteiger partial charge in [0.15, 0.2) is 5.96 Å². The first kappa shape index (κ1) is 19.1. The predicted octanol–water partition coefficient (Wildman–Crippen LogP) is 2.42. The summed E-state index contributed by atoms with van der Waals surface area (Å²) in [5.41, 5.74) is 0. The predicted molar refractivity (Wildman–Crippen MR) is 84.0 cm³/mol. The molecule has 0 aromatic carbocycles. The molecule has 4 nitrogen and oxygen atoms in total. The molecule has 0 spiro atoms. The monoisotopic (exact) mass is 322 g/mol. The molecule has 130 valence electrons. The van der Waals surface area contributed by atoms with Crippen LogP contribution in [0, 0.1) is 11.8 Å². The Hall–Kier alpha value is -0.980. The molecule has 1 heterocycles. The molecular formula is C15H29F3N4. The van der Waals surface area contributed by atoms with Crippen molar-refractivity contribution in [2.24, 2.45) is 16.8 Å². The molecular weight excluding hydrogens is 293 g/mol. The summed E-state index contributed by atoms with van der Waals surface area (Å²) in [5, 5.41) is 3.25. The SMILES string of the molecule is CCNC(=NCCN(C)CC(F)(F)F)N1CC(C)CC(C)C1. The van der Waals surface area contributed by atoms with Crippen molar-refractivity contribution >= 4 is 5.96 Å². The van der Waals surface area contributed by atoms with E-state index in [0.29, 0.717) is 24.9 Å². The van der Waals surface area contributed by atoms with E-state index < -0.39 is 12.7 Å². The molecule has 7 heteroatoms. The van der Waals surface area contributed by atoms with Crippen molar-refractivity contribution in [1.82, 2.24) is 15.1 Å². The van der Waals surface area contributed by atoms with Gasteiger partial charge in [-0.05, 0) is 32.2 Å². The topological polar surface area (TPSA) is 30.9 Å². The van der Waals surface area contributed by atoms with E-state index in [-0.39, 0.29) is 0 Å². The third kappa shape index (κ3) is 7.33. The number of rotatable bonds is 5. The molecule has 0 saturated carbocycles. The van der Waals surface area contributed by atoms with Crippen LogP contribution in [0.25, 0.3) is 0 Å². The van der Waals surface area contributed by atoms with Crippen molar-refractivity contribution in [3.63, 3.8) is 0 Å². The van der Waals surface area contributed by atoms with Crippen molar-refractivity contribution < 1.29 is 13.2 Å². The van der Waals surface area contributed by atoms with E-state index in [1.807, 2.05) is 6.92 Å². The van der Waals surface area contributed by atoms with Crippen molar-refractivity contribution in [2.45, 2.75) is 33.4 Å². The molecule has 2 atom stereocenters. The summed E-state index contributed by atoms with van der Waals surface area (Å²) in [6.45, 7) is 8.90. The summed E-state index contributed by atoms with van der Waals surface area (Å²) >= 11 is 0. The maximum atomic E-state index is 12.3. The average Bonchev–Trinajstić information content (AvgIpc) is 2.34. The maximum absolute atomic E-state index is 12.3. The number of nitrogens with one attached hydrogen (secondary N) is 1. The molecule has 1 saturated heterocycles. The van der Waals surface area contributed by atoms with Crippen LogP contribution in [0.5, 0.6) is 0 Å². The number of aliphatic imine (C=N–C) groups is 1. The summed E-state index contributed by atoms with van der Waals surface area (Å²) in [5.74, 6) is 2.04. The Morgan fingerprint density at radius 3 is 2.36 bits per heavy atom. The van der Waals surface area contributed by atoms with Gasteiger partial charge in [0.2, 0.25) is 0 Å². The van der Waals surface area contributed by atoms with E-state index >= 15 is 0 Å². The molecule has 2 unspecified atom stereocenters.